The molecule has 0 aliphatic rings. The average molecular weight is 479 g/mol. The molecule has 1 atom stereocenters. The van der Waals surface area contributed by atoms with E-state index in [-0.39, 0.29) is 11.9 Å². The van der Waals surface area contributed by atoms with Crippen LogP contribution < -0.4 is 5.32 Å². The Morgan fingerprint density at radius 3 is 2.34 bits per heavy atom. The third kappa shape index (κ3) is 5.81. The van der Waals surface area contributed by atoms with E-state index in [1.54, 1.807) is 11.8 Å². The summed E-state index contributed by atoms with van der Waals surface area (Å²) in [6.07, 6.45) is 0.731. The molecule has 5 heteroatoms. The van der Waals surface area contributed by atoms with Gasteiger partial charge in [-0.3, -0.25) is 4.79 Å². The Kier molecular flexibility index (Phi) is 6.96. The van der Waals surface area contributed by atoms with Crippen molar-refractivity contribution in [3.63, 3.8) is 0 Å². The molecule has 1 heterocycles. The SMILES string of the molecule is Cc1ccc2oc(SCc3ccc(C(=O)NC(Cc4ccccc4)c4ccccc4)cc3)nc2c1. The number of oxazole rings is 1. The zero-order valence-corrected chi connectivity index (χ0v) is 20.3. The molecule has 4 nitrogen and oxygen atoms in total. The van der Waals surface area contributed by atoms with Gasteiger partial charge in [-0.1, -0.05) is 90.6 Å². The Morgan fingerprint density at radius 1 is 0.886 bits per heavy atom. The molecule has 1 amide bonds. The van der Waals surface area contributed by atoms with Gasteiger partial charge in [-0.2, -0.15) is 0 Å². The third-order valence-corrected chi connectivity index (χ3v) is 6.79. The highest BCUT2D eigenvalue weighted by Crippen LogP contribution is 2.27. The molecule has 0 radical (unpaired) electrons. The van der Waals surface area contributed by atoms with Crippen molar-refractivity contribution in [2.24, 2.45) is 0 Å². The quantitative estimate of drug-likeness (QED) is 0.241. The van der Waals surface area contributed by atoms with E-state index in [2.05, 4.69) is 34.6 Å². The van der Waals surface area contributed by atoms with Gasteiger partial charge < -0.3 is 9.73 Å². The van der Waals surface area contributed by atoms with Crippen molar-refractivity contribution in [2.45, 2.75) is 30.4 Å². The Balaban J connectivity index is 1.24. The number of carbonyl (C=O) groups is 1. The summed E-state index contributed by atoms with van der Waals surface area (Å²) >= 11 is 1.55. The number of nitrogens with zero attached hydrogens (tertiary/aromatic N) is 1. The highest BCUT2D eigenvalue weighted by Gasteiger charge is 2.16. The fraction of sp³-hybridized carbons (Fsp3) is 0.133. The molecule has 0 saturated carbocycles. The lowest BCUT2D eigenvalue weighted by Gasteiger charge is -2.20. The molecule has 1 N–H and O–H groups in total. The minimum atomic E-state index is -0.107. The van der Waals surface area contributed by atoms with Crippen LogP contribution in [0, 0.1) is 6.92 Å². The number of benzene rings is 4. The van der Waals surface area contributed by atoms with Crippen LogP contribution in [0.25, 0.3) is 11.1 Å². The maximum absolute atomic E-state index is 13.1. The van der Waals surface area contributed by atoms with Crippen molar-refractivity contribution >= 4 is 28.8 Å². The molecule has 174 valence electrons. The third-order valence-electron chi connectivity index (χ3n) is 5.89. The Hall–Kier alpha value is -3.83. The zero-order valence-electron chi connectivity index (χ0n) is 19.5. The van der Waals surface area contributed by atoms with Gasteiger partial charge in [-0.25, -0.2) is 4.98 Å². The van der Waals surface area contributed by atoms with Crippen molar-refractivity contribution in [3.05, 3.63) is 131 Å². The summed E-state index contributed by atoms with van der Waals surface area (Å²) in [5.74, 6) is 0.636. The van der Waals surface area contributed by atoms with Gasteiger partial charge in [0.2, 0.25) is 0 Å². The fourth-order valence-electron chi connectivity index (χ4n) is 4.00. The van der Waals surface area contributed by atoms with Crippen LogP contribution in [0.3, 0.4) is 0 Å². The first-order valence-corrected chi connectivity index (χ1v) is 12.6. The molecule has 1 aromatic heterocycles. The molecule has 0 bridgehead atoms. The van der Waals surface area contributed by atoms with Crippen LogP contribution >= 0.6 is 11.8 Å². The lowest BCUT2D eigenvalue weighted by molar-refractivity contribution is 0.0936. The van der Waals surface area contributed by atoms with Crippen LogP contribution in [-0.2, 0) is 12.2 Å². The van der Waals surface area contributed by atoms with E-state index in [0.29, 0.717) is 16.5 Å². The summed E-state index contributed by atoms with van der Waals surface area (Å²) in [6, 6.07) is 34.0. The molecule has 1 unspecified atom stereocenters. The number of nitrogens with one attached hydrogen (secondary N) is 1. The molecule has 0 saturated heterocycles. The van der Waals surface area contributed by atoms with Crippen LogP contribution in [0.4, 0.5) is 0 Å². The number of fused-ring (bicyclic) bond motifs is 1. The summed E-state index contributed by atoms with van der Waals surface area (Å²) < 4.78 is 5.83. The second-order valence-electron chi connectivity index (χ2n) is 8.56. The lowest BCUT2D eigenvalue weighted by Crippen LogP contribution is -2.30. The molecular formula is C30H26N2O2S. The number of rotatable bonds is 8. The van der Waals surface area contributed by atoms with Gasteiger partial charge >= 0.3 is 0 Å². The zero-order chi connectivity index (χ0) is 24.0. The molecule has 0 fully saturated rings. The van der Waals surface area contributed by atoms with Crippen LogP contribution in [0.15, 0.2) is 113 Å². The molecule has 0 aliphatic heterocycles. The van der Waals surface area contributed by atoms with Gasteiger partial charge in [0.05, 0.1) is 6.04 Å². The highest BCUT2D eigenvalue weighted by molar-refractivity contribution is 7.98. The maximum Gasteiger partial charge on any atom is 0.257 e. The predicted molar refractivity (Wildman–Crippen MR) is 142 cm³/mol. The molecule has 5 aromatic rings. The van der Waals surface area contributed by atoms with Gasteiger partial charge in [0, 0.05) is 11.3 Å². The van der Waals surface area contributed by atoms with Crippen molar-refractivity contribution in [3.8, 4) is 0 Å². The minimum absolute atomic E-state index is 0.0803. The van der Waals surface area contributed by atoms with E-state index in [1.165, 1.54) is 5.56 Å². The van der Waals surface area contributed by atoms with Gasteiger partial charge in [-0.15, -0.1) is 0 Å². The van der Waals surface area contributed by atoms with Crippen LogP contribution in [0.2, 0.25) is 0 Å². The predicted octanol–water partition coefficient (Wildman–Crippen LogP) is 7.14. The van der Waals surface area contributed by atoms with Crippen LogP contribution in [-0.4, -0.2) is 10.9 Å². The van der Waals surface area contributed by atoms with Crippen molar-refractivity contribution < 1.29 is 9.21 Å². The first-order chi connectivity index (χ1) is 17.1. The summed E-state index contributed by atoms with van der Waals surface area (Å²) in [5.41, 5.74) is 6.86. The van der Waals surface area contributed by atoms with E-state index in [1.807, 2.05) is 85.8 Å². The second-order valence-corrected chi connectivity index (χ2v) is 9.49. The minimum Gasteiger partial charge on any atom is -0.431 e. The van der Waals surface area contributed by atoms with Crippen molar-refractivity contribution in [2.75, 3.05) is 0 Å². The van der Waals surface area contributed by atoms with Crippen molar-refractivity contribution in [1.82, 2.24) is 10.3 Å². The Morgan fingerprint density at radius 2 is 1.60 bits per heavy atom. The number of hydrogen-bond acceptors (Lipinski definition) is 4. The van der Waals surface area contributed by atoms with Crippen LogP contribution in [0.1, 0.15) is 38.7 Å². The summed E-state index contributed by atoms with van der Waals surface area (Å²) in [5, 5.41) is 3.88. The fourth-order valence-corrected chi connectivity index (χ4v) is 4.80. The number of hydrogen-bond donors (Lipinski definition) is 1. The van der Waals surface area contributed by atoms with Gasteiger partial charge in [0.25, 0.3) is 11.1 Å². The largest absolute Gasteiger partial charge is 0.431 e. The normalized spacial score (nSPS) is 11.9. The molecule has 35 heavy (non-hydrogen) atoms. The number of amides is 1. The first kappa shape index (κ1) is 22.9. The number of aryl methyl sites for hydroxylation is 1. The second kappa shape index (κ2) is 10.6. The Bertz CT molecular complexity index is 1410. The van der Waals surface area contributed by atoms with Crippen molar-refractivity contribution in [1.29, 1.82) is 0 Å². The highest BCUT2D eigenvalue weighted by atomic mass is 32.2. The number of carbonyl (C=O) groups excluding carboxylic acids is 1. The summed E-state index contributed by atoms with van der Waals surface area (Å²) in [4.78, 5) is 17.7. The van der Waals surface area contributed by atoms with Gasteiger partial charge in [-0.05, 0) is 59.9 Å². The lowest BCUT2D eigenvalue weighted by atomic mass is 9.98. The monoisotopic (exact) mass is 478 g/mol. The number of aromatic nitrogens is 1. The number of thioether (sulfide) groups is 1. The summed E-state index contributed by atoms with van der Waals surface area (Å²) in [6.45, 7) is 2.04. The maximum atomic E-state index is 13.1. The van der Waals surface area contributed by atoms with Crippen LogP contribution in [0.5, 0.6) is 0 Å². The molecule has 5 rings (SSSR count). The topological polar surface area (TPSA) is 55.1 Å². The molecule has 0 spiro atoms. The summed E-state index contributed by atoms with van der Waals surface area (Å²) in [7, 11) is 0. The van der Waals surface area contributed by atoms with Gasteiger partial charge in [0.15, 0.2) is 5.58 Å². The Labute approximate surface area is 209 Å². The van der Waals surface area contributed by atoms with E-state index in [0.717, 1.165) is 34.2 Å². The van der Waals surface area contributed by atoms with E-state index in [9.17, 15) is 4.79 Å². The molecule has 4 aromatic carbocycles. The van der Waals surface area contributed by atoms with Gasteiger partial charge in [0.1, 0.15) is 5.52 Å². The first-order valence-electron chi connectivity index (χ1n) is 11.6. The molecule has 0 aliphatic carbocycles. The smallest absolute Gasteiger partial charge is 0.257 e. The average Bonchev–Trinajstić information content (AvgIpc) is 3.30. The molecular weight excluding hydrogens is 452 g/mol. The van der Waals surface area contributed by atoms with E-state index < -0.39 is 0 Å². The standard InChI is InChI=1S/C30H26N2O2S/c1-21-12-17-28-27(18-21)32-30(34-28)35-20-23-13-15-25(16-14-23)29(33)31-26(24-10-6-3-7-11-24)19-22-8-4-2-5-9-22/h2-18,26H,19-20H2,1H3,(H,31,33). The van der Waals surface area contributed by atoms with E-state index in [4.69, 9.17) is 4.42 Å². The van der Waals surface area contributed by atoms with E-state index >= 15 is 0 Å².